The van der Waals surface area contributed by atoms with Gasteiger partial charge in [-0.1, -0.05) is 0 Å². The standard InChI is InChI=1S/C31H30F2N4O5S2/c1-34-29(38)27-22-14-21(18-5-4-12-37(16-18)31(39)30-35-23-11-10-20(33)13-26(23)43-30)24(36(2)44(3,40)41)15-25(22)42-28(27)17-6-8-19(32)9-7-17/h6-11,13-15,18,40-41H,4-5,12,16H2,1-3H3,(H,34,38)/p+1. The van der Waals surface area contributed by atoms with Crippen molar-refractivity contribution >= 4 is 60.8 Å². The first-order valence-corrected chi connectivity index (χ1v) is 16.6. The van der Waals surface area contributed by atoms with Crippen molar-refractivity contribution in [1.29, 1.82) is 0 Å². The monoisotopic (exact) mass is 641 g/mol. The number of rotatable bonds is 6. The van der Waals surface area contributed by atoms with Crippen LogP contribution in [-0.4, -0.2) is 64.2 Å². The summed E-state index contributed by atoms with van der Waals surface area (Å²) in [5, 5.41) is 3.46. The summed E-state index contributed by atoms with van der Waals surface area (Å²) in [6.45, 7) is 0.848. The quantitative estimate of drug-likeness (QED) is 0.211. The molecular formula is C31H31F2N4O5S2+. The number of amides is 2. The Hall–Kier alpha value is -4.04. The lowest BCUT2D eigenvalue weighted by Gasteiger charge is -2.38. The predicted octanol–water partition coefficient (Wildman–Crippen LogP) is 6.27. The number of anilines is 1. The largest absolute Gasteiger partial charge is 0.455 e. The molecule has 0 aliphatic carbocycles. The van der Waals surface area contributed by atoms with Gasteiger partial charge in [-0.3, -0.25) is 9.59 Å². The third kappa shape index (κ3) is 5.52. The number of piperidine rings is 1. The molecule has 2 unspecified atom stereocenters. The minimum Gasteiger partial charge on any atom is -0.455 e. The van der Waals surface area contributed by atoms with Gasteiger partial charge in [0, 0.05) is 50.1 Å². The topological polar surface area (TPSA) is 122 Å². The Bertz CT molecular complexity index is 1900. The highest BCUT2D eigenvalue weighted by molar-refractivity contribution is 8.24. The summed E-state index contributed by atoms with van der Waals surface area (Å²) in [6, 6.07) is 13.4. The van der Waals surface area contributed by atoms with Crippen LogP contribution in [0, 0.1) is 11.6 Å². The molecule has 44 heavy (non-hydrogen) atoms. The Morgan fingerprint density at radius 1 is 1.16 bits per heavy atom. The number of furan rings is 1. The minimum absolute atomic E-state index is 0.204. The summed E-state index contributed by atoms with van der Waals surface area (Å²) in [5.41, 5.74) is 3.01. The molecule has 0 spiro atoms. The maximum absolute atomic E-state index is 13.8. The van der Waals surface area contributed by atoms with E-state index in [1.165, 1.54) is 54.0 Å². The highest BCUT2D eigenvalue weighted by Crippen LogP contribution is 2.48. The predicted molar refractivity (Wildman–Crippen MR) is 171 cm³/mol. The van der Waals surface area contributed by atoms with Crippen molar-refractivity contribution in [3.8, 4) is 11.3 Å². The molecule has 2 atom stereocenters. The molecule has 4 N–H and O–H groups in total. The van der Waals surface area contributed by atoms with Gasteiger partial charge in [-0.2, -0.15) is 0 Å². The van der Waals surface area contributed by atoms with Gasteiger partial charge in [0.2, 0.25) is 0 Å². The zero-order valence-corrected chi connectivity index (χ0v) is 25.8. The zero-order valence-electron chi connectivity index (χ0n) is 24.2. The van der Waals surface area contributed by atoms with Crippen molar-refractivity contribution in [1.82, 2.24) is 15.2 Å². The fraction of sp³-hybridized carbons (Fsp3) is 0.258. The summed E-state index contributed by atoms with van der Waals surface area (Å²) in [7, 11) is 0.185. The maximum atomic E-state index is 13.8. The molecule has 1 saturated heterocycles. The van der Waals surface area contributed by atoms with Crippen LogP contribution in [0.5, 0.6) is 0 Å². The Morgan fingerprint density at radius 3 is 2.59 bits per heavy atom. The molecule has 6 rings (SSSR count). The van der Waals surface area contributed by atoms with Crippen LogP contribution < -0.4 is 9.62 Å². The molecular weight excluding hydrogens is 610 g/mol. The van der Waals surface area contributed by atoms with E-state index in [-0.39, 0.29) is 34.1 Å². The molecule has 5 aromatic rings. The van der Waals surface area contributed by atoms with Crippen molar-refractivity contribution in [3.05, 3.63) is 82.4 Å². The van der Waals surface area contributed by atoms with Crippen LogP contribution in [0.1, 0.15) is 44.5 Å². The van der Waals surface area contributed by atoms with Crippen molar-refractivity contribution in [2.45, 2.75) is 18.8 Å². The van der Waals surface area contributed by atoms with Gasteiger partial charge in [-0.25, -0.2) is 22.6 Å². The fourth-order valence-corrected chi connectivity index (χ4v) is 7.14. The van der Waals surface area contributed by atoms with Crippen LogP contribution in [0.2, 0.25) is 0 Å². The number of carbonyl (C=O) groups excluding carboxylic acids is 2. The first kappa shape index (κ1) is 30.0. The third-order valence-electron chi connectivity index (χ3n) is 7.95. The zero-order chi connectivity index (χ0) is 31.3. The molecule has 1 aliphatic rings. The number of nitrogens with one attached hydrogen (secondary N) is 1. The van der Waals surface area contributed by atoms with Crippen LogP contribution in [0.25, 0.3) is 32.5 Å². The number of hydrogen-bond donors (Lipinski definition) is 2. The van der Waals surface area contributed by atoms with Crippen LogP contribution >= 0.6 is 22.1 Å². The molecule has 0 radical (unpaired) electrons. The Kier molecular flexibility index (Phi) is 7.82. The van der Waals surface area contributed by atoms with Crippen LogP contribution in [0.3, 0.4) is 0 Å². The van der Waals surface area contributed by atoms with Crippen molar-refractivity contribution < 1.29 is 31.9 Å². The van der Waals surface area contributed by atoms with Crippen LogP contribution in [-0.2, 0) is 0 Å². The van der Waals surface area contributed by atoms with Crippen LogP contribution in [0.4, 0.5) is 14.5 Å². The molecule has 2 aromatic heterocycles. The van der Waals surface area contributed by atoms with E-state index in [0.717, 1.165) is 16.9 Å². The van der Waals surface area contributed by atoms with Gasteiger partial charge in [-0.05, 0) is 77.7 Å². The van der Waals surface area contributed by atoms with Crippen LogP contribution in [0.15, 0.2) is 59.0 Å². The van der Waals surface area contributed by atoms with Gasteiger partial charge in [0.1, 0.15) is 23.0 Å². The van der Waals surface area contributed by atoms with Crippen molar-refractivity contribution in [3.63, 3.8) is 0 Å². The SMILES string of the molecule is CNC(=O)c1c(-c2ccc(F)cc2)oc2cc(N(C)S(C)(O)[OH2+])c(C3CCCN(C(=O)c4nc5ccc(F)cc5s4)C3)cc12. The van der Waals surface area contributed by atoms with Gasteiger partial charge < -0.3 is 19.2 Å². The summed E-state index contributed by atoms with van der Waals surface area (Å²) in [5.74, 6) is -1.39. The minimum atomic E-state index is -2.96. The smallest absolute Gasteiger partial charge is 0.282 e. The number of aromatic nitrogens is 1. The van der Waals surface area contributed by atoms with E-state index in [9.17, 15) is 22.9 Å². The average molecular weight is 642 g/mol. The highest BCUT2D eigenvalue weighted by atomic mass is 32.3. The Morgan fingerprint density at radius 2 is 1.89 bits per heavy atom. The van der Waals surface area contributed by atoms with E-state index in [2.05, 4.69) is 10.3 Å². The summed E-state index contributed by atoms with van der Waals surface area (Å²) >= 11 is 1.15. The van der Waals surface area contributed by atoms with Gasteiger partial charge >= 0.3 is 0 Å². The first-order valence-electron chi connectivity index (χ1n) is 13.9. The summed E-state index contributed by atoms with van der Waals surface area (Å²) < 4.78 is 54.9. The second-order valence-corrected chi connectivity index (χ2v) is 14.1. The molecule has 13 heteroatoms. The number of fused-ring (bicyclic) bond motifs is 2. The lowest BCUT2D eigenvalue weighted by atomic mass is 9.88. The van der Waals surface area contributed by atoms with E-state index < -0.39 is 22.4 Å². The van der Waals surface area contributed by atoms with E-state index >= 15 is 0 Å². The normalized spacial score (nSPS) is 17.4. The number of halogens is 2. The van der Waals surface area contributed by atoms with Crippen molar-refractivity contribution in [2.75, 3.05) is 37.7 Å². The number of carbonyl (C=O) groups is 2. The molecule has 0 saturated carbocycles. The molecule has 3 heterocycles. The number of nitrogens with zero attached hydrogens (tertiary/aromatic N) is 3. The average Bonchev–Trinajstić information content (AvgIpc) is 3.60. The molecule has 1 fully saturated rings. The van der Waals surface area contributed by atoms with E-state index in [1.54, 1.807) is 24.1 Å². The molecule has 0 bridgehead atoms. The van der Waals surface area contributed by atoms with Crippen molar-refractivity contribution in [2.24, 2.45) is 0 Å². The first-order chi connectivity index (χ1) is 20.9. The van der Waals surface area contributed by atoms with E-state index in [4.69, 9.17) is 8.97 Å². The lowest BCUT2D eigenvalue weighted by Crippen LogP contribution is -2.39. The number of hydrogen-bond acceptors (Lipinski definition) is 7. The third-order valence-corrected chi connectivity index (χ3v) is 10.2. The van der Waals surface area contributed by atoms with Gasteiger partial charge in [0.05, 0.1) is 27.7 Å². The maximum Gasteiger partial charge on any atom is 0.282 e. The Balaban J connectivity index is 1.45. The van der Waals surface area contributed by atoms with Gasteiger partial charge in [0.25, 0.3) is 11.8 Å². The Labute approximate surface area is 257 Å². The summed E-state index contributed by atoms with van der Waals surface area (Å²) in [4.78, 5) is 33.0. The fourth-order valence-electron chi connectivity index (χ4n) is 5.64. The summed E-state index contributed by atoms with van der Waals surface area (Å²) in [6.07, 6.45) is 2.83. The van der Waals surface area contributed by atoms with Gasteiger partial charge in [0.15, 0.2) is 5.01 Å². The molecule has 9 nitrogen and oxygen atoms in total. The number of likely N-dealkylation sites (tertiary alicyclic amines) is 1. The van der Waals surface area contributed by atoms with Gasteiger partial charge in [-0.15, -0.1) is 11.3 Å². The second kappa shape index (κ2) is 11.5. The molecule has 230 valence electrons. The number of thiazole rings is 1. The second-order valence-electron chi connectivity index (χ2n) is 10.9. The molecule has 1 aliphatic heterocycles. The molecule has 2 amide bonds. The molecule has 3 aromatic carbocycles. The lowest BCUT2D eigenvalue weighted by molar-refractivity contribution is 0.0707. The van der Waals surface area contributed by atoms with E-state index in [1.807, 2.05) is 6.07 Å². The number of benzene rings is 3. The van der Waals surface area contributed by atoms with E-state index in [0.29, 0.717) is 58.4 Å². The highest BCUT2D eigenvalue weighted by Gasteiger charge is 2.33.